The molecule has 146 valence electrons. The van der Waals surface area contributed by atoms with Gasteiger partial charge >= 0.3 is 0 Å². The summed E-state index contributed by atoms with van der Waals surface area (Å²) >= 11 is 3.46. The summed E-state index contributed by atoms with van der Waals surface area (Å²) in [5.74, 6) is 0. The Bertz CT molecular complexity index is 1040. The third-order valence-electron chi connectivity index (χ3n) is 4.08. The molecule has 0 amide bonds. The maximum Gasteiger partial charge on any atom is 0.226 e. The van der Waals surface area contributed by atoms with Gasteiger partial charge in [0.2, 0.25) is 12.4 Å². The van der Waals surface area contributed by atoms with Gasteiger partial charge in [0.25, 0.3) is 0 Å². The van der Waals surface area contributed by atoms with Crippen LogP contribution in [-0.4, -0.2) is 12.5 Å². The molecule has 2 heterocycles. The molecule has 2 aromatic heterocycles. The Morgan fingerprint density at radius 2 is 1.32 bits per heavy atom. The molecule has 4 aromatic rings. The van der Waals surface area contributed by atoms with Crippen LogP contribution < -0.4 is 9.36 Å². The zero-order valence-electron chi connectivity index (χ0n) is 17.0. The summed E-state index contributed by atoms with van der Waals surface area (Å²) in [6, 6.07) is 16.2. The molecule has 2 nitrogen and oxygen atoms in total. The second-order valence-corrected chi connectivity index (χ2v) is 7.53. The molecule has 2 aromatic carbocycles. The lowest BCUT2D eigenvalue weighted by Gasteiger charge is -2.00. The average molecular weight is 415 g/mol. The van der Waals surface area contributed by atoms with E-state index in [4.69, 9.17) is 0 Å². The van der Waals surface area contributed by atoms with Crippen LogP contribution in [0.5, 0.6) is 0 Å². The average Bonchev–Trinajstić information content (AvgIpc) is 2.74. The van der Waals surface area contributed by atoms with Crippen molar-refractivity contribution in [1.82, 2.24) is 0 Å². The lowest BCUT2D eigenvalue weighted by atomic mass is 10.2. The maximum atomic E-state index is 12.8. The standard InChI is InChI=1S/C11H12NS.C10H9FNS.C2H6/c1-12-7-9-5-3-4-6-10(9)11(8-12)13-2;1-13-10-4-2-3-8-7-12(11)6-5-9(8)10;1-2/h3-8H,1-2H3;2-7H,1H3;1-2H3/q2*+1;. The van der Waals surface area contributed by atoms with E-state index in [0.717, 1.165) is 10.8 Å². The molecule has 0 saturated heterocycles. The lowest BCUT2D eigenvalue weighted by Crippen LogP contribution is -2.26. The highest BCUT2D eigenvalue weighted by Gasteiger charge is 2.05. The molecule has 0 saturated carbocycles. The van der Waals surface area contributed by atoms with Gasteiger partial charge in [-0.15, -0.1) is 23.5 Å². The zero-order chi connectivity index (χ0) is 20.5. The van der Waals surface area contributed by atoms with Gasteiger partial charge in [-0.05, 0) is 30.7 Å². The number of aromatic nitrogens is 2. The summed E-state index contributed by atoms with van der Waals surface area (Å²) in [6.07, 6.45) is 11.3. The van der Waals surface area contributed by atoms with Crippen LogP contribution in [0.15, 0.2) is 83.1 Å². The van der Waals surface area contributed by atoms with Gasteiger partial charge in [0.05, 0.1) is 14.8 Å². The van der Waals surface area contributed by atoms with E-state index >= 15 is 0 Å². The van der Waals surface area contributed by atoms with E-state index < -0.39 is 0 Å². The van der Waals surface area contributed by atoms with Crippen molar-refractivity contribution in [3.05, 3.63) is 73.3 Å². The van der Waals surface area contributed by atoms with Crippen LogP contribution in [-0.2, 0) is 7.05 Å². The number of aryl methyl sites for hydroxylation is 1. The van der Waals surface area contributed by atoms with Gasteiger partial charge in [-0.25, -0.2) is 4.57 Å². The zero-order valence-corrected chi connectivity index (χ0v) is 18.7. The monoisotopic (exact) mass is 414 g/mol. The quantitative estimate of drug-likeness (QED) is 0.294. The second-order valence-electron chi connectivity index (χ2n) is 5.83. The van der Waals surface area contributed by atoms with Crippen LogP contribution in [0.1, 0.15) is 13.8 Å². The number of benzene rings is 2. The van der Waals surface area contributed by atoms with Crippen molar-refractivity contribution < 1.29 is 13.8 Å². The molecule has 0 fully saturated rings. The Labute approximate surface area is 175 Å². The summed E-state index contributed by atoms with van der Waals surface area (Å²) < 4.78 is 14.9. The van der Waals surface area contributed by atoms with Crippen LogP contribution in [0.25, 0.3) is 21.5 Å². The van der Waals surface area contributed by atoms with Crippen LogP contribution in [0.2, 0.25) is 0 Å². The fourth-order valence-corrected chi connectivity index (χ4v) is 4.16. The minimum absolute atomic E-state index is 0.576. The Balaban J connectivity index is 0.000000184. The molecule has 0 aliphatic carbocycles. The third-order valence-corrected chi connectivity index (χ3v) is 5.64. The SMILES string of the molecule is CC.CSc1c[n+](C)cc2ccccc12.CSc1cccc2c[n+](F)ccc12. The number of pyridine rings is 2. The lowest BCUT2D eigenvalue weighted by molar-refractivity contribution is -0.842. The van der Waals surface area contributed by atoms with Crippen molar-refractivity contribution in [2.45, 2.75) is 23.6 Å². The van der Waals surface area contributed by atoms with E-state index in [2.05, 4.69) is 54.5 Å². The van der Waals surface area contributed by atoms with Gasteiger partial charge in [0.15, 0.2) is 12.4 Å². The summed E-state index contributed by atoms with van der Waals surface area (Å²) in [5, 5.41) is 4.67. The van der Waals surface area contributed by atoms with Gasteiger partial charge < -0.3 is 0 Å². The van der Waals surface area contributed by atoms with Crippen LogP contribution in [0.3, 0.4) is 0 Å². The van der Waals surface area contributed by atoms with Crippen LogP contribution in [0, 0.1) is 0 Å². The van der Waals surface area contributed by atoms with E-state index in [1.807, 2.05) is 38.3 Å². The van der Waals surface area contributed by atoms with Crippen LogP contribution in [0.4, 0.5) is 4.48 Å². The van der Waals surface area contributed by atoms with E-state index in [9.17, 15) is 4.48 Å². The molecule has 0 spiro atoms. The van der Waals surface area contributed by atoms with E-state index in [0.29, 0.717) is 4.79 Å². The summed E-state index contributed by atoms with van der Waals surface area (Å²) in [4.78, 5) is 3.09. The minimum Gasteiger partial charge on any atom is -0.206 e. The fourth-order valence-electron chi connectivity index (χ4n) is 2.86. The summed E-state index contributed by atoms with van der Waals surface area (Å²) in [5.41, 5.74) is 0. The van der Waals surface area contributed by atoms with E-state index in [1.165, 1.54) is 33.0 Å². The van der Waals surface area contributed by atoms with Crippen molar-refractivity contribution >= 4 is 45.1 Å². The first-order chi connectivity index (χ1) is 13.6. The number of thioether (sulfide) groups is 2. The molecule has 0 radical (unpaired) electrons. The first kappa shape index (κ1) is 22.2. The molecule has 0 N–H and O–H groups in total. The first-order valence-corrected chi connectivity index (χ1v) is 11.6. The van der Waals surface area contributed by atoms with Gasteiger partial charge in [-0.1, -0.05) is 38.1 Å². The first-order valence-electron chi connectivity index (χ1n) is 9.18. The normalized spacial score (nSPS) is 10.1. The van der Waals surface area contributed by atoms with Crippen molar-refractivity contribution in [3.8, 4) is 0 Å². The maximum absolute atomic E-state index is 12.8. The molecule has 0 aliphatic heterocycles. The second kappa shape index (κ2) is 11.0. The van der Waals surface area contributed by atoms with Crippen molar-refractivity contribution in [2.24, 2.45) is 7.05 Å². The number of halogens is 1. The smallest absolute Gasteiger partial charge is 0.206 e. The molecule has 0 unspecified atom stereocenters. The molecule has 4 rings (SSSR count). The number of rotatable bonds is 2. The molecular weight excluding hydrogens is 387 g/mol. The minimum atomic E-state index is 0.576. The van der Waals surface area contributed by atoms with Gasteiger partial charge in [0.1, 0.15) is 7.05 Å². The number of fused-ring (bicyclic) bond motifs is 2. The van der Waals surface area contributed by atoms with Gasteiger partial charge in [-0.3, -0.25) is 0 Å². The Kier molecular flexibility index (Phi) is 8.74. The number of hydrogen-bond donors (Lipinski definition) is 0. The topological polar surface area (TPSA) is 7.76 Å². The van der Waals surface area contributed by atoms with Crippen molar-refractivity contribution in [2.75, 3.05) is 12.5 Å². The fraction of sp³-hybridized carbons (Fsp3) is 0.217. The van der Waals surface area contributed by atoms with Gasteiger partial charge in [0, 0.05) is 31.9 Å². The molecule has 0 bridgehead atoms. The number of nitrogens with zero attached hydrogens (tertiary/aromatic N) is 2. The largest absolute Gasteiger partial charge is 0.226 e. The van der Waals surface area contributed by atoms with E-state index in [1.54, 1.807) is 29.6 Å². The Morgan fingerprint density at radius 1 is 0.714 bits per heavy atom. The van der Waals surface area contributed by atoms with E-state index in [-0.39, 0.29) is 0 Å². The molecular formula is C23H27FN2S2+2. The molecule has 0 aliphatic rings. The van der Waals surface area contributed by atoms with Crippen LogP contribution >= 0.6 is 23.5 Å². The highest BCUT2D eigenvalue weighted by atomic mass is 32.2. The van der Waals surface area contributed by atoms with Crippen molar-refractivity contribution in [1.29, 1.82) is 0 Å². The van der Waals surface area contributed by atoms with Crippen molar-refractivity contribution in [3.63, 3.8) is 0 Å². The molecule has 28 heavy (non-hydrogen) atoms. The Morgan fingerprint density at radius 3 is 2.04 bits per heavy atom. The van der Waals surface area contributed by atoms with Gasteiger partial charge in [-0.2, -0.15) is 0 Å². The summed E-state index contributed by atoms with van der Waals surface area (Å²) in [6.45, 7) is 4.00. The summed E-state index contributed by atoms with van der Waals surface area (Å²) in [7, 11) is 2.06. The third kappa shape index (κ3) is 5.46. The Hall–Kier alpha value is -2.11. The molecule has 5 heteroatoms. The predicted molar refractivity (Wildman–Crippen MR) is 121 cm³/mol. The predicted octanol–water partition coefficient (Wildman–Crippen LogP) is 5.99. The highest BCUT2D eigenvalue weighted by Crippen LogP contribution is 2.25. The molecule has 0 atom stereocenters. The highest BCUT2D eigenvalue weighted by molar-refractivity contribution is 7.99. The number of hydrogen-bond acceptors (Lipinski definition) is 2.